The molecule has 1 amide bonds. The van der Waals surface area contributed by atoms with Gasteiger partial charge in [0.05, 0.1) is 19.1 Å². The summed E-state index contributed by atoms with van der Waals surface area (Å²) < 4.78 is 51.1. The molecule has 1 aliphatic carbocycles. The highest BCUT2D eigenvalue weighted by atomic mass is 32.2. The minimum absolute atomic E-state index is 0.0567. The van der Waals surface area contributed by atoms with Gasteiger partial charge in [0.15, 0.2) is 5.60 Å². The first-order chi connectivity index (χ1) is 12.5. The van der Waals surface area contributed by atoms with Crippen LogP contribution in [-0.2, 0) is 14.3 Å². The number of thiocarbonyl (C=S) groups is 1. The molecule has 27 heavy (non-hydrogen) atoms. The van der Waals surface area contributed by atoms with Gasteiger partial charge in [-0.15, -0.1) is 0 Å². The van der Waals surface area contributed by atoms with E-state index in [1.54, 1.807) is 13.8 Å². The first kappa shape index (κ1) is 22.2. The molecule has 1 heterocycles. The van der Waals surface area contributed by atoms with Crippen molar-refractivity contribution in [2.24, 2.45) is 17.8 Å². The van der Waals surface area contributed by atoms with Crippen molar-refractivity contribution < 1.29 is 37.3 Å². The molecule has 0 bridgehead atoms. The maximum Gasteiger partial charge on any atom is 0.418 e. The predicted octanol–water partition coefficient (Wildman–Crippen LogP) is 2.63. The fourth-order valence-corrected chi connectivity index (χ4v) is 4.95. The highest BCUT2D eigenvalue weighted by Gasteiger charge is 2.66. The van der Waals surface area contributed by atoms with Gasteiger partial charge < -0.3 is 19.5 Å². The molecule has 2 rings (SSSR count). The molecule has 2 aliphatic rings. The monoisotopic (exact) mass is 429 g/mol. The zero-order valence-corrected chi connectivity index (χ0v) is 16.6. The molecule has 0 aromatic carbocycles. The van der Waals surface area contributed by atoms with Crippen LogP contribution >= 0.6 is 24.0 Å². The number of halogens is 3. The summed E-state index contributed by atoms with van der Waals surface area (Å²) in [6.45, 7) is 3.68. The Balaban J connectivity index is 2.23. The summed E-state index contributed by atoms with van der Waals surface area (Å²) in [5.74, 6) is -4.34. The lowest BCUT2D eigenvalue weighted by Crippen LogP contribution is -2.57. The number of aliphatic hydroxyl groups is 1. The Morgan fingerprint density at radius 3 is 2.48 bits per heavy atom. The maximum absolute atomic E-state index is 13.8. The Bertz CT molecular complexity index is 603. The van der Waals surface area contributed by atoms with E-state index >= 15 is 0 Å². The lowest BCUT2D eigenvalue weighted by Gasteiger charge is -2.37. The van der Waals surface area contributed by atoms with E-state index in [-0.39, 0.29) is 37.1 Å². The number of rotatable bonds is 5. The van der Waals surface area contributed by atoms with Crippen LogP contribution in [0.1, 0.15) is 20.3 Å². The van der Waals surface area contributed by atoms with E-state index < -0.39 is 47.2 Å². The Morgan fingerprint density at radius 1 is 1.30 bits per heavy atom. The zero-order valence-electron chi connectivity index (χ0n) is 15.0. The Morgan fingerprint density at radius 2 is 1.93 bits per heavy atom. The van der Waals surface area contributed by atoms with E-state index in [4.69, 9.17) is 21.7 Å². The third kappa shape index (κ3) is 4.51. The van der Waals surface area contributed by atoms with Gasteiger partial charge in [-0.1, -0.05) is 11.8 Å². The number of nitrogens with zero attached hydrogens (tertiary/aromatic N) is 1. The number of hydrogen-bond acceptors (Lipinski definition) is 7. The number of carbonyl (C=O) groups is 2. The van der Waals surface area contributed by atoms with Crippen LogP contribution in [0.15, 0.2) is 0 Å². The molecule has 1 N–H and O–H groups in total. The summed E-state index contributed by atoms with van der Waals surface area (Å²) in [4.78, 5) is 25.6. The molecule has 2 fully saturated rings. The Hall–Kier alpha value is -1.07. The number of Topliss-reactive ketones (excluding diaryl/α,β-unsaturated/α-hetero) is 1. The second kappa shape index (κ2) is 8.52. The topological polar surface area (TPSA) is 76.1 Å². The van der Waals surface area contributed by atoms with Crippen LogP contribution in [-0.4, -0.2) is 70.1 Å². The number of thioether (sulfide) groups is 1. The lowest BCUT2D eigenvalue weighted by molar-refractivity contribution is -0.269. The average Bonchev–Trinajstić information content (AvgIpc) is 3.08. The quantitative estimate of drug-likeness (QED) is 0.674. The largest absolute Gasteiger partial charge is 0.479 e. The molecule has 4 atom stereocenters. The molecule has 1 saturated heterocycles. The van der Waals surface area contributed by atoms with Gasteiger partial charge in [0.2, 0.25) is 4.38 Å². The van der Waals surface area contributed by atoms with Crippen LogP contribution in [0, 0.1) is 17.8 Å². The summed E-state index contributed by atoms with van der Waals surface area (Å²) in [5.41, 5.74) is -3.25. The highest BCUT2D eigenvalue weighted by Crippen LogP contribution is 2.51. The molecule has 0 spiro atoms. The third-order valence-corrected chi connectivity index (χ3v) is 6.34. The number of alkyl halides is 3. The van der Waals surface area contributed by atoms with Crippen molar-refractivity contribution in [3.63, 3.8) is 0 Å². The fraction of sp³-hybridized carbons (Fsp3) is 0.812. The van der Waals surface area contributed by atoms with Gasteiger partial charge in [-0.05, 0) is 37.9 Å². The van der Waals surface area contributed by atoms with Gasteiger partial charge >= 0.3 is 12.3 Å². The summed E-state index contributed by atoms with van der Waals surface area (Å²) in [7, 11) is 0. The average molecular weight is 429 g/mol. The Kier molecular flexibility index (Phi) is 7.01. The number of likely N-dealkylation sites (tertiary alicyclic amines) is 1. The van der Waals surface area contributed by atoms with Gasteiger partial charge in [-0.2, -0.15) is 13.2 Å². The predicted molar refractivity (Wildman–Crippen MR) is 96.4 cm³/mol. The molecule has 4 unspecified atom stereocenters. The van der Waals surface area contributed by atoms with E-state index in [0.29, 0.717) is 11.8 Å². The highest BCUT2D eigenvalue weighted by molar-refractivity contribution is 8.22. The third-order valence-electron chi connectivity index (χ3n) is 4.93. The summed E-state index contributed by atoms with van der Waals surface area (Å²) in [5, 5.41) is 10.6. The van der Waals surface area contributed by atoms with Crippen molar-refractivity contribution in [2.45, 2.75) is 32.0 Å². The first-order valence-corrected chi connectivity index (χ1v) is 9.97. The molecule has 154 valence electrons. The standard InChI is InChI=1S/C16H22F3NO5S2/c1-3-24-13(22)20-6-9-5-11(21)12(10(9)7-20)15(23,16(17,18)19)8-27-14(26)25-4-2/h9-10,12,23H,3-8H2,1-2H3. The Labute approximate surface area is 164 Å². The van der Waals surface area contributed by atoms with E-state index in [0.717, 1.165) is 0 Å². The van der Waals surface area contributed by atoms with Crippen LogP contribution in [0.2, 0.25) is 0 Å². The smallest absolute Gasteiger partial charge is 0.418 e. The van der Waals surface area contributed by atoms with Crippen molar-refractivity contribution in [2.75, 3.05) is 32.1 Å². The minimum Gasteiger partial charge on any atom is -0.479 e. The molecule has 6 nitrogen and oxygen atoms in total. The summed E-state index contributed by atoms with van der Waals surface area (Å²) in [6, 6.07) is 0. The molecule has 1 saturated carbocycles. The van der Waals surface area contributed by atoms with Crippen LogP contribution in [0.3, 0.4) is 0 Å². The lowest BCUT2D eigenvalue weighted by atomic mass is 9.79. The van der Waals surface area contributed by atoms with Crippen LogP contribution in [0.25, 0.3) is 0 Å². The normalized spacial score (nSPS) is 27.3. The van der Waals surface area contributed by atoms with E-state index in [1.165, 1.54) is 4.90 Å². The number of ether oxygens (including phenoxy) is 2. The molecule has 0 aromatic heterocycles. The first-order valence-electron chi connectivity index (χ1n) is 8.58. The second-order valence-electron chi connectivity index (χ2n) is 6.57. The van der Waals surface area contributed by atoms with Crippen LogP contribution in [0.5, 0.6) is 0 Å². The summed E-state index contributed by atoms with van der Waals surface area (Å²) in [6.07, 6.45) is -5.76. The number of hydrogen-bond donors (Lipinski definition) is 1. The number of ketones is 1. The number of fused-ring (bicyclic) bond motifs is 1. The van der Waals surface area contributed by atoms with Crippen molar-refractivity contribution in [3.8, 4) is 0 Å². The van der Waals surface area contributed by atoms with Crippen LogP contribution < -0.4 is 0 Å². The van der Waals surface area contributed by atoms with Gasteiger partial charge in [-0.3, -0.25) is 4.79 Å². The maximum atomic E-state index is 13.8. The van der Waals surface area contributed by atoms with Crippen molar-refractivity contribution in [1.82, 2.24) is 4.90 Å². The molecule has 0 radical (unpaired) electrons. The second-order valence-corrected chi connectivity index (χ2v) is 8.15. The van der Waals surface area contributed by atoms with Gasteiger partial charge in [-0.25, -0.2) is 4.79 Å². The van der Waals surface area contributed by atoms with E-state index in [2.05, 4.69) is 0 Å². The molecular formula is C16H22F3NO5S2. The van der Waals surface area contributed by atoms with Crippen molar-refractivity contribution >= 4 is 40.2 Å². The van der Waals surface area contributed by atoms with E-state index in [1.807, 2.05) is 0 Å². The van der Waals surface area contributed by atoms with Gasteiger partial charge in [0, 0.05) is 25.3 Å². The fourth-order valence-electron chi connectivity index (χ4n) is 3.77. The van der Waals surface area contributed by atoms with Gasteiger partial charge in [0.1, 0.15) is 5.78 Å². The number of carbonyl (C=O) groups excluding carboxylic acids is 2. The molecule has 0 aromatic rings. The van der Waals surface area contributed by atoms with Gasteiger partial charge in [0.25, 0.3) is 0 Å². The van der Waals surface area contributed by atoms with E-state index in [9.17, 15) is 27.9 Å². The molecule has 11 heteroatoms. The van der Waals surface area contributed by atoms with Crippen molar-refractivity contribution in [3.05, 3.63) is 0 Å². The van der Waals surface area contributed by atoms with Crippen LogP contribution in [0.4, 0.5) is 18.0 Å². The minimum atomic E-state index is -5.03. The SMILES string of the molecule is CCOC(=O)N1CC2CC(=O)C(C(O)(CSC(=S)OCC)C(F)(F)F)C2C1. The molecular weight excluding hydrogens is 407 g/mol. The molecule has 1 aliphatic heterocycles. The zero-order chi connectivity index (χ0) is 20.4. The number of amides is 1. The van der Waals surface area contributed by atoms with Crippen molar-refractivity contribution in [1.29, 1.82) is 0 Å². The summed E-state index contributed by atoms with van der Waals surface area (Å²) >= 11 is 5.39.